The van der Waals surface area contributed by atoms with Crippen LogP contribution in [0.15, 0.2) is 48.5 Å². The molecule has 0 aliphatic rings. The van der Waals surface area contributed by atoms with Gasteiger partial charge in [-0.15, -0.1) is 0 Å². The number of nitrogens with zero attached hydrogens (tertiary/aromatic N) is 1. The van der Waals surface area contributed by atoms with Crippen LogP contribution >= 0.6 is 0 Å². The van der Waals surface area contributed by atoms with Crippen molar-refractivity contribution in [3.8, 4) is 5.75 Å². The molecule has 0 saturated heterocycles. The highest BCUT2D eigenvalue weighted by atomic mass is 19.4. The van der Waals surface area contributed by atoms with Crippen LogP contribution in [0.1, 0.15) is 11.1 Å². The molecule has 0 radical (unpaired) electrons. The largest absolute Gasteiger partial charge is 0.497 e. The number of benzene rings is 2. The molecule has 7 heteroatoms. The summed E-state index contributed by atoms with van der Waals surface area (Å²) in [7, 11) is 3.27. The molecule has 0 aliphatic heterocycles. The van der Waals surface area contributed by atoms with Crippen LogP contribution in [0.5, 0.6) is 5.75 Å². The summed E-state index contributed by atoms with van der Waals surface area (Å²) in [5.41, 5.74) is 0.631. The van der Waals surface area contributed by atoms with Gasteiger partial charge in [-0.2, -0.15) is 13.2 Å². The fraction of sp³-hybridized carbons (Fsp3) is 0.278. The van der Waals surface area contributed by atoms with Gasteiger partial charge in [0.05, 0.1) is 19.2 Å². The van der Waals surface area contributed by atoms with Crippen molar-refractivity contribution in [3.63, 3.8) is 0 Å². The van der Waals surface area contributed by atoms with E-state index < -0.39 is 11.7 Å². The third kappa shape index (κ3) is 5.79. The molecule has 0 heterocycles. The number of anilines is 1. The van der Waals surface area contributed by atoms with Crippen molar-refractivity contribution in [2.24, 2.45) is 0 Å². The Kier molecular flexibility index (Phi) is 6.03. The van der Waals surface area contributed by atoms with Gasteiger partial charge in [-0.25, -0.2) is 0 Å². The van der Waals surface area contributed by atoms with E-state index in [0.29, 0.717) is 23.5 Å². The number of nitrogens with one attached hydrogen (secondary N) is 1. The first-order chi connectivity index (χ1) is 11.8. The summed E-state index contributed by atoms with van der Waals surface area (Å²) >= 11 is 0. The van der Waals surface area contributed by atoms with Crippen molar-refractivity contribution in [2.75, 3.05) is 26.0 Å². The molecule has 0 bridgehead atoms. The van der Waals surface area contributed by atoms with E-state index in [1.807, 2.05) is 0 Å². The number of methoxy groups -OCH3 is 1. The molecule has 0 fully saturated rings. The molecule has 1 amide bonds. The Morgan fingerprint density at radius 1 is 1.16 bits per heavy atom. The fourth-order valence-corrected chi connectivity index (χ4v) is 2.31. The highest BCUT2D eigenvalue weighted by Crippen LogP contribution is 2.29. The van der Waals surface area contributed by atoms with Crippen molar-refractivity contribution >= 4 is 11.6 Å². The SMILES string of the molecule is COc1cccc(NC(=O)CN(C)Cc2ccc(C(F)(F)F)cc2)c1. The van der Waals surface area contributed by atoms with Crippen LogP contribution in [0.3, 0.4) is 0 Å². The molecule has 0 spiro atoms. The number of ether oxygens (including phenoxy) is 1. The average Bonchev–Trinajstić information content (AvgIpc) is 2.54. The molecule has 2 aromatic carbocycles. The lowest BCUT2D eigenvalue weighted by Crippen LogP contribution is -2.29. The molecule has 2 aromatic rings. The third-order valence-electron chi connectivity index (χ3n) is 3.50. The van der Waals surface area contributed by atoms with Crippen LogP contribution in [0.2, 0.25) is 0 Å². The summed E-state index contributed by atoms with van der Waals surface area (Å²) < 4.78 is 42.7. The minimum atomic E-state index is -4.35. The predicted octanol–water partition coefficient (Wildman–Crippen LogP) is 3.78. The van der Waals surface area contributed by atoms with Gasteiger partial charge in [0.1, 0.15) is 5.75 Å². The van der Waals surface area contributed by atoms with Gasteiger partial charge < -0.3 is 10.1 Å². The van der Waals surface area contributed by atoms with Crippen molar-refractivity contribution in [1.29, 1.82) is 0 Å². The van der Waals surface area contributed by atoms with Gasteiger partial charge in [-0.05, 0) is 36.9 Å². The Balaban J connectivity index is 1.88. The van der Waals surface area contributed by atoms with E-state index in [9.17, 15) is 18.0 Å². The molecule has 0 aliphatic carbocycles. The number of hydrogen-bond acceptors (Lipinski definition) is 3. The van der Waals surface area contributed by atoms with Crippen molar-refractivity contribution in [1.82, 2.24) is 4.90 Å². The number of rotatable bonds is 6. The number of carbonyl (C=O) groups excluding carboxylic acids is 1. The molecule has 0 atom stereocenters. The van der Waals surface area contributed by atoms with Gasteiger partial charge in [0, 0.05) is 18.3 Å². The highest BCUT2D eigenvalue weighted by molar-refractivity contribution is 5.92. The van der Waals surface area contributed by atoms with Crippen molar-refractivity contribution in [3.05, 3.63) is 59.7 Å². The van der Waals surface area contributed by atoms with Crippen molar-refractivity contribution < 1.29 is 22.7 Å². The molecule has 2 rings (SSSR count). The fourth-order valence-electron chi connectivity index (χ4n) is 2.31. The number of hydrogen-bond donors (Lipinski definition) is 1. The lowest BCUT2D eigenvalue weighted by molar-refractivity contribution is -0.137. The van der Waals surface area contributed by atoms with Crippen LogP contribution in [0.4, 0.5) is 18.9 Å². The number of likely N-dealkylation sites (N-methyl/N-ethyl adjacent to an activating group) is 1. The van der Waals surface area contributed by atoms with Gasteiger partial charge in [0.2, 0.25) is 5.91 Å². The minimum absolute atomic E-state index is 0.109. The number of amides is 1. The quantitative estimate of drug-likeness (QED) is 0.860. The minimum Gasteiger partial charge on any atom is -0.497 e. The van der Waals surface area contributed by atoms with E-state index in [1.54, 1.807) is 43.3 Å². The summed E-state index contributed by atoms with van der Waals surface area (Å²) in [5.74, 6) is 0.415. The van der Waals surface area contributed by atoms with Gasteiger partial charge >= 0.3 is 6.18 Å². The molecule has 0 saturated carbocycles. The van der Waals surface area contributed by atoms with Crippen LogP contribution in [-0.4, -0.2) is 31.5 Å². The van der Waals surface area contributed by atoms with E-state index in [2.05, 4.69) is 5.32 Å². The zero-order valence-electron chi connectivity index (χ0n) is 13.9. The topological polar surface area (TPSA) is 41.6 Å². The average molecular weight is 352 g/mol. The van der Waals surface area contributed by atoms with E-state index >= 15 is 0 Å². The summed E-state index contributed by atoms with van der Waals surface area (Å²) in [6.45, 7) is 0.474. The lowest BCUT2D eigenvalue weighted by atomic mass is 10.1. The van der Waals surface area contributed by atoms with E-state index in [4.69, 9.17) is 4.74 Å². The van der Waals surface area contributed by atoms with Crippen LogP contribution in [-0.2, 0) is 17.5 Å². The molecule has 25 heavy (non-hydrogen) atoms. The number of carbonyl (C=O) groups is 1. The molecule has 1 N–H and O–H groups in total. The molecule has 4 nitrogen and oxygen atoms in total. The first kappa shape index (κ1) is 18.8. The zero-order valence-corrected chi connectivity index (χ0v) is 13.9. The van der Waals surface area contributed by atoms with Crippen LogP contribution in [0, 0.1) is 0 Å². The Bertz CT molecular complexity index is 715. The van der Waals surface area contributed by atoms with E-state index in [1.165, 1.54) is 12.1 Å². The number of halogens is 3. The molecule has 134 valence electrons. The lowest BCUT2D eigenvalue weighted by Gasteiger charge is -2.17. The van der Waals surface area contributed by atoms with Crippen molar-refractivity contribution in [2.45, 2.75) is 12.7 Å². The molecule has 0 unspecified atom stereocenters. The monoisotopic (exact) mass is 352 g/mol. The summed E-state index contributed by atoms with van der Waals surface area (Å²) in [4.78, 5) is 13.8. The first-order valence-electron chi connectivity index (χ1n) is 7.56. The Labute approximate surface area is 144 Å². The smallest absolute Gasteiger partial charge is 0.416 e. The Morgan fingerprint density at radius 3 is 2.44 bits per heavy atom. The second kappa shape index (κ2) is 8.02. The maximum absolute atomic E-state index is 12.5. The summed E-state index contributed by atoms with van der Waals surface area (Å²) in [6, 6.07) is 11.9. The van der Waals surface area contributed by atoms with Gasteiger partial charge in [0.25, 0.3) is 0 Å². The maximum Gasteiger partial charge on any atom is 0.416 e. The van der Waals surface area contributed by atoms with Gasteiger partial charge in [-0.1, -0.05) is 18.2 Å². The standard InChI is InChI=1S/C18H19F3N2O2/c1-23(11-13-6-8-14(9-7-13)18(19,20)21)12-17(24)22-15-4-3-5-16(10-15)25-2/h3-10H,11-12H2,1-2H3,(H,22,24). The third-order valence-corrected chi connectivity index (χ3v) is 3.50. The second-order valence-corrected chi connectivity index (χ2v) is 5.65. The van der Waals surface area contributed by atoms with Gasteiger partial charge in [0.15, 0.2) is 0 Å². The van der Waals surface area contributed by atoms with Gasteiger partial charge in [-0.3, -0.25) is 9.69 Å². The molecular weight excluding hydrogens is 333 g/mol. The van der Waals surface area contributed by atoms with Crippen LogP contribution < -0.4 is 10.1 Å². The predicted molar refractivity (Wildman–Crippen MR) is 89.4 cm³/mol. The molecular formula is C18H19F3N2O2. The maximum atomic E-state index is 12.5. The Morgan fingerprint density at radius 2 is 1.84 bits per heavy atom. The normalized spacial score (nSPS) is 11.4. The summed E-state index contributed by atoms with van der Waals surface area (Å²) in [6.07, 6.45) is -4.35. The van der Waals surface area contributed by atoms with E-state index in [-0.39, 0.29) is 12.5 Å². The summed E-state index contributed by atoms with van der Waals surface area (Å²) in [5, 5.41) is 2.75. The second-order valence-electron chi connectivity index (χ2n) is 5.65. The molecule has 0 aromatic heterocycles. The van der Waals surface area contributed by atoms with E-state index in [0.717, 1.165) is 12.1 Å². The zero-order chi connectivity index (χ0) is 18.4. The highest BCUT2D eigenvalue weighted by Gasteiger charge is 2.29. The van der Waals surface area contributed by atoms with Crippen LogP contribution in [0.25, 0.3) is 0 Å². The first-order valence-corrected chi connectivity index (χ1v) is 7.56. The Hall–Kier alpha value is -2.54. The number of alkyl halides is 3.